The molecule has 11 nitrogen and oxygen atoms in total. The van der Waals surface area contributed by atoms with Gasteiger partial charge in [-0.2, -0.15) is 0 Å². The average molecular weight is 777 g/mol. The first-order valence-corrected chi connectivity index (χ1v) is 20.6. The number of hydrogen-bond acceptors (Lipinski definition) is 9. The molecule has 1 aliphatic heterocycles. The number of likely N-dealkylation sites (N-methyl/N-ethyl adjacent to an activating group) is 1. The maximum atomic E-state index is 14.8. The molecule has 1 fully saturated rings. The van der Waals surface area contributed by atoms with Gasteiger partial charge in [0.15, 0.2) is 5.78 Å². The summed E-state index contributed by atoms with van der Waals surface area (Å²) in [6.45, 7) is 10.9. The van der Waals surface area contributed by atoms with Crippen LogP contribution in [0.3, 0.4) is 0 Å². The Morgan fingerprint density at radius 3 is 2.29 bits per heavy atom. The maximum absolute atomic E-state index is 14.8. The van der Waals surface area contributed by atoms with E-state index in [2.05, 4.69) is 15.2 Å². The zero-order chi connectivity index (χ0) is 40.2. The van der Waals surface area contributed by atoms with Gasteiger partial charge in [0.2, 0.25) is 5.91 Å². The molecule has 4 N–H and O–H groups in total. The van der Waals surface area contributed by atoms with Crippen molar-refractivity contribution in [1.29, 1.82) is 0 Å². The second-order valence-electron chi connectivity index (χ2n) is 15.8. The first-order valence-electron chi connectivity index (χ1n) is 19.7. The number of hydrogen-bond donors (Lipinski definition) is 4. The van der Waals surface area contributed by atoms with Gasteiger partial charge in [-0.3, -0.25) is 24.1 Å². The van der Waals surface area contributed by atoms with Gasteiger partial charge >= 0.3 is 5.97 Å². The fraction of sp³-hybridized carbons (Fsp3) is 0.558. The smallest absolute Gasteiger partial charge is 0.306 e. The predicted octanol–water partition coefficient (Wildman–Crippen LogP) is 6.88. The van der Waals surface area contributed by atoms with Crippen LogP contribution >= 0.6 is 11.3 Å². The lowest BCUT2D eigenvalue weighted by Gasteiger charge is -2.39. The monoisotopic (exact) mass is 776 g/mol. The molecule has 0 radical (unpaired) electrons. The standard InChI is InChI=1S/C43H60N4O7S/c1-7-28(4)34(23-38(49)36-15-11-12-20-46(36)6)42(52)47(25-31-13-9-8-10-14-31)37(27(2)3)24-39(50)41-45-35(26-55-41)40(51)44-32(21-29(5)43(53)54)22-30-16-18-33(48)19-17-30/h8-10,13-14,16-19,26-29,32,34,36-37,39,48,50H,7,11-12,15,20-25H2,1-6H3,(H,44,51)(H,53,54). The van der Waals surface area contributed by atoms with Crippen molar-refractivity contribution in [2.75, 3.05) is 13.6 Å². The Labute approximate surface area is 330 Å². The lowest BCUT2D eigenvalue weighted by atomic mass is 9.82. The molecule has 1 saturated heterocycles. The molecule has 3 aromatic rings. The number of aromatic hydroxyl groups is 1. The molecule has 0 spiro atoms. The quantitative estimate of drug-likeness (QED) is 0.0959. The third-order valence-electron chi connectivity index (χ3n) is 11.2. The van der Waals surface area contributed by atoms with Crippen molar-refractivity contribution in [3.63, 3.8) is 0 Å². The van der Waals surface area contributed by atoms with E-state index >= 15 is 0 Å². The first kappa shape index (κ1) is 43.6. The molecule has 300 valence electrons. The summed E-state index contributed by atoms with van der Waals surface area (Å²) >= 11 is 1.16. The van der Waals surface area contributed by atoms with Crippen LogP contribution in [0.15, 0.2) is 60.0 Å². The van der Waals surface area contributed by atoms with Gasteiger partial charge in [0, 0.05) is 42.8 Å². The highest BCUT2D eigenvalue weighted by molar-refractivity contribution is 7.09. The minimum Gasteiger partial charge on any atom is -0.508 e. The van der Waals surface area contributed by atoms with E-state index in [1.165, 1.54) is 0 Å². The molecular weight excluding hydrogens is 717 g/mol. The minimum absolute atomic E-state index is 0.0299. The Balaban J connectivity index is 1.56. The molecular formula is C43H60N4O7S. The van der Waals surface area contributed by atoms with Crippen LogP contribution in [-0.4, -0.2) is 85.4 Å². The van der Waals surface area contributed by atoms with E-state index in [4.69, 9.17) is 0 Å². The summed E-state index contributed by atoms with van der Waals surface area (Å²) in [6, 6.07) is 15.2. The Morgan fingerprint density at radius 1 is 0.982 bits per heavy atom. The van der Waals surface area contributed by atoms with Crippen molar-refractivity contribution in [3.05, 3.63) is 81.8 Å². The number of rotatable bonds is 20. The van der Waals surface area contributed by atoms with Gasteiger partial charge in [-0.25, -0.2) is 4.98 Å². The number of likely N-dealkylation sites (tertiary alicyclic amines) is 1. The molecule has 0 bridgehead atoms. The molecule has 0 saturated carbocycles. The number of Topliss-reactive ketones (excluding diaryl/α,β-unsaturated/α-hetero) is 1. The maximum Gasteiger partial charge on any atom is 0.306 e. The number of phenolic OH excluding ortho intramolecular Hbond substituents is 1. The topological polar surface area (TPSA) is 160 Å². The molecule has 7 atom stereocenters. The van der Waals surface area contributed by atoms with E-state index in [-0.39, 0.29) is 60.3 Å². The number of carboxylic acids is 1. The number of benzene rings is 2. The van der Waals surface area contributed by atoms with E-state index in [1.807, 2.05) is 70.0 Å². The number of aliphatic hydroxyl groups excluding tert-OH is 1. The fourth-order valence-corrected chi connectivity index (χ4v) is 8.33. The highest BCUT2D eigenvalue weighted by Crippen LogP contribution is 2.33. The Hall–Kier alpha value is -4.13. The van der Waals surface area contributed by atoms with Gasteiger partial charge in [-0.1, -0.05) is 89.9 Å². The van der Waals surface area contributed by atoms with Gasteiger partial charge in [0.1, 0.15) is 22.6 Å². The van der Waals surface area contributed by atoms with E-state index in [9.17, 15) is 34.5 Å². The SMILES string of the molecule is CCC(C)C(CC(=O)C1CCCCN1C)C(=O)N(Cc1ccccc1)C(CC(O)c1nc(C(=O)NC(Cc2ccc(O)cc2)CC(C)C(=O)O)cs1)C(C)C. The third kappa shape index (κ3) is 12.4. The summed E-state index contributed by atoms with van der Waals surface area (Å²) in [5, 5.41) is 35.8. The second kappa shape index (κ2) is 20.7. The van der Waals surface area contributed by atoms with Crippen LogP contribution in [0, 0.1) is 23.7 Å². The number of amides is 2. The van der Waals surface area contributed by atoms with Crippen LogP contribution in [0.4, 0.5) is 0 Å². The summed E-state index contributed by atoms with van der Waals surface area (Å²) in [4.78, 5) is 62.3. The van der Waals surface area contributed by atoms with E-state index in [1.54, 1.807) is 36.6 Å². The number of piperidine rings is 1. The first-order chi connectivity index (χ1) is 26.2. The van der Waals surface area contributed by atoms with E-state index < -0.39 is 41.9 Å². The number of nitrogens with one attached hydrogen (secondary N) is 1. The zero-order valence-electron chi connectivity index (χ0n) is 33.2. The zero-order valence-corrected chi connectivity index (χ0v) is 34.0. The third-order valence-corrected chi connectivity index (χ3v) is 12.1. The van der Waals surface area contributed by atoms with Crippen molar-refractivity contribution < 1.29 is 34.5 Å². The van der Waals surface area contributed by atoms with Gasteiger partial charge in [-0.05, 0) is 74.4 Å². The summed E-state index contributed by atoms with van der Waals surface area (Å²) in [7, 11) is 1.99. The van der Waals surface area contributed by atoms with Crippen LogP contribution in [0.5, 0.6) is 5.75 Å². The molecule has 1 aromatic heterocycles. The van der Waals surface area contributed by atoms with Gasteiger partial charge < -0.3 is 25.5 Å². The highest BCUT2D eigenvalue weighted by Gasteiger charge is 2.38. The van der Waals surface area contributed by atoms with Crippen LogP contribution < -0.4 is 5.32 Å². The molecule has 7 unspecified atom stereocenters. The summed E-state index contributed by atoms with van der Waals surface area (Å²) in [5.41, 5.74) is 1.88. The molecule has 0 aliphatic carbocycles. The highest BCUT2D eigenvalue weighted by atomic mass is 32.1. The second-order valence-corrected chi connectivity index (χ2v) is 16.6. The number of aliphatic hydroxyl groups is 1. The van der Waals surface area contributed by atoms with Gasteiger partial charge in [-0.15, -0.1) is 11.3 Å². The van der Waals surface area contributed by atoms with Gasteiger partial charge in [0.05, 0.1) is 12.0 Å². The number of aliphatic carboxylic acids is 1. The molecule has 12 heteroatoms. The lowest BCUT2D eigenvalue weighted by Crippen LogP contribution is -2.49. The number of phenols is 1. The van der Waals surface area contributed by atoms with Crippen LogP contribution in [0.25, 0.3) is 0 Å². The van der Waals surface area contributed by atoms with Crippen molar-refractivity contribution in [2.24, 2.45) is 23.7 Å². The normalized spacial score (nSPS) is 18.1. The molecule has 2 heterocycles. The Bertz CT molecular complexity index is 1700. The number of carboxylic acid groups (broad SMARTS) is 1. The van der Waals surface area contributed by atoms with Gasteiger partial charge in [0.25, 0.3) is 5.91 Å². The Morgan fingerprint density at radius 2 is 1.67 bits per heavy atom. The van der Waals surface area contributed by atoms with Crippen LogP contribution in [0.1, 0.15) is 112 Å². The summed E-state index contributed by atoms with van der Waals surface area (Å²) < 4.78 is 0. The number of nitrogens with zero attached hydrogens (tertiary/aromatic N) is 3. The lowest BCUT2D eigenvalue weighted by molar-refractivity contribution is -0.145. The Kier molecular flexibility index (Phi) is 16.4. The molecule has 2 aromatic carbocycles. The molecule has 2 amide bonds. The van der Waals surface area contributed by atoms with E-state index in [0.29, 0.717) is 18.0 Å². The average Bonchev–Trinajstić information content (AvgIpc) is 3.67. The minimum atomic E-state index is -1.08. The van der Waals surface area contributed by atoms with Crippen molar-refractivity contribution in [2.45, 2.75) is 117 Å². The number of thiazole rings is 1. The largest absolute Gasteiger partial charge is 0.508 e. The summed E-state index contributed by atoms with van der Waals surface area (Å²) in [5.74, 6) is -2.64. The molecule has 1 aliphatic rings. The number of aromatic nitrogens is 1. The molecule has 4 rings (SSSR count). The van der Waals surface area contributed by atoms with Crippen molar-refractivity contribution >= 4 is 34.9 Å². The number of ketones is 1. The van der Waals surface area contributed by atoms with Crippen molar-refractivity contribution in [3.8, 4) is 5.75 Å². The van der Waals surface area contributed by atoms with Crippen molar-refractivity contribution in [1.82, 2.24) is 20.1 Å². The number of carbonyl (C=O) groups excluding carboxylic acids is 3. The fourth-order valence-electron chi connectivity index (χ4n) is 7.53. The molecule has 55 heavy (non-hydrogen) atoms. The van der Waals surface area contributed by atoms with Crippen LogP contribution in [-0.2, 0) is 27.3 Å². The predicted molar refractivity (Wildman–Crippen MR) is 215 cm³/mol. The summed E-state index contributed by atoms with van der Waals surface area (Å²) in [6.07, 6.45) is 3.42. The number of carbonyl (C=O) groups is 4. The van der Waals surface area contributed by atoms with Crippen LogP contribution in [0.2, 0.25) is 0 Å². The van der Waals surface area contributed by atoms with E-state index in [0.717, 1.165) is 54.7 Å².